The Labute approximate surface area is 138 Å². The first-order chi connectivity index (χ1) is 11.5. The molecule has 0 unspecified atom stereocenters. The molecule has 0 saturated carbocycles. The fraction of sp³-hybridized carbons (Fsp3) is 0.118. The Balaban J connectivity index is 1.89. The average molecular weight is 328 g/mol. The maximum absolute atomic E-state index is 12.8. The molecule has 0 radical (unpaired) electrons. The van der Waals surface area contributed by atoms with E-state index in [4.69, 9.17) is 5.73 Å². The predicted octanol–water partition coefficient (Wildman–Crippen LogP) is 2.54. The standard InChI is InChI=1S/C17H17FN4O2/c1-11(10-16(23)20-13-8-6-12(18)7-9-13)21-22-17(24)14-4-2-3-5-15(14)19/h2-9H,10,19H2,1H3,(H,20,23)(H,22,24)/b21-11-. The van der Waals surface area contributed by atoms with Crippen LogP contribution in [0.15, 0.2) is 53.6 Å². The van der Waals surface area contributed by atoms with Gasteiger partial charge in [-0.3, -0.25) is 9.59 Å². The van der Waals surface area contributed by atoms with Crippen LogP contribution in [0.1, 0.15) is 23.7 Å². The second kappa shape index (κ2) is 7.87. The van der Waals surface area contributed by atoms with E-state index in [1.165, 1.54) is 24.3 Å². The number of hydrazone groups is 1. The summed E-state index contributed by atoms with van der Waals surface area (Å²) >= 11 is 0. The van der Waals surface area contributed by atoms with Crippen LogP contribution >= 0.6 is 0 Å². The van der Waals surface area contributed by atoms with Crippen LogP contribution in [0.3, 0.4) is 0 Å². The third-order valence-electron chi connectivity index (χ3n) is 3.10. The van der Waals surface area contributed by atoms with Crippen molar-refractivity contribution in [2.75, 3.05) is 11.1 Å². The molecule has 0 atom stereocenters. The lowest BCUT2D eigenvalue weighted by molar-refractivity contribution is -0.115. The molecule has 2 aromatic carbocycles. The van der Waals surface area contributed by atoms with E-state index in [-0.39, 0.29) is 18.1 Å². The number of nitrogens with two attached hydrogens (primary N) is 1. The number of nitrogens with zero attached hydrogens (tertiary/aromatic N) is 1. The number of amides is 2. The molecule has 2 rings (SSSR count). The Kier molecular flexibility index (Phi) is 5.62. The molecule has 0 aliphatic heterocycles. The summed E-state index contributed by atoms with van der Waals surface area (Å²) in [5, 5.41) is 6.49. The SMILES string of the molecule is C/C(CC(=O)Nc1ccc(F)cc1)=N/NC(=O)c1ccccc1N. The molecule has 0 bridgehead atoms. The van der Waals surface area contributed by atoms with Gasteiger partial charge < -0.3 is 11.1 Å². The Hall–Kier alpha value is -3.22. The zero-order valence-electron chi connectivity index (χ0n) is 13.0. The van der Waals surface area contributed by atoms with Crippen molar-refractivity contribution in [3.8, 4) is 0 Å². The molecule has 2 aromatic rings. The van der Waals surface area contributed by atoms with E-state index < -0.39 is 5.91 Å². The molecule has 4 N–H and O–H groups in total. The maximum atomic E-state index is 12.8. The van der Waals surface area contributed by atoms with Gasteiger partial charge >= 0.3 is 0 Å². The lowest BCUT2D eigenvalue weighted by atomic mass is 10.2. The molecule has 0 aromatic heterocycles. The quantitative estimate of drug-likeness (QED) is 0.447. The van der Waals surface area contributed by atoms with Crippen molar-refractivity contribution in [3.63, 3.8) is 0 Å². The van der Waals surface area contributed by atoms with E-state index in [0.717, 1.165) is 0 Å². The first-order valence-corrected chi connectivity index (χ1v) is 7.19. The Morgan fingerprint density at radius 2 is 1.79 bits per heavy atom. The van der Waals surface area contributed by atoms with Crippen LogP contribution in [-0.4, -0.2) is 17.5 Å². The molecular weight excluding hydrogens is 311 g/mol. The summed E-state index contributed by atoms with van der Waals surface area (Å²) in [7, 11) is 0. The number of halogens is 1. The lowest BCUT2D eigenvalue weighted by Gasteiger charge is -2.06. The smallest absolute Gasteiger partial charge is 0.273 e. The molecule has 0 heterocycles. The fourth-order valence-electron chi connectivity index (χ4n) is 1.92. The molecule has 0 saturated heterocycles. The van der Waals surface area contributed by atoms with Gasteiger partial charge in [-0.05, 0) is 43.3 Å². The summed E-state index contributed by atoms with van der Waals surface area (Å²) in [6.07, 6.45) is -0.0120. The average Bonchev–Trinajstić information content (AvgIpc) is 2.55. The summed E-state index contributed by atoms with van der Waals surface area (Å²) in [4.78, 5) is 23.8. The van der Waals surface area contributed by atoms with E-state index in [9.17, 15) is 14.0 Å². The third kappa shape index (κ3) is 4.91. The monoisotopic (exact) mass is 328 g/mol. The summed E-state index contributed by atoms with van der Waals surface area (Å²) in [5.74, 6) is -1.16. The van der Waals surface area contributed by atoms with Gasteiger partial charge in [0.25, 0.3) is 5.91 Å². The summed E-state index contributed by atoms with van der Waals surface area (Å²) in [5.41, 5.74) is 9.61. The first-order valence-electron chi connectivity index (χ1n) is 7.19. The molecular formula is C17H17FN4O2. The summed E-state index contributed by atoms with van der Waals surface area (Å²) < 4.78 is 12.8. The van der Waals surface area contributed by atoms with Gasteiger partial charge in [0, 0.05) is 17.1 Å². The molecule has 0 aliphatic rings. The minimum Gasteiger partial charge on any atom is -0.398 e. The van der Waals surface area contributed by atoms with Crippen LogP contribution in [0.25, 0.3) is 0 Å². The van der Waals surface area contributed by atoms with Crippen LogP contribution in [-0.2, 0) is 4.79 Å². The van der Waals surface area contributed by atoms with Gasteiger partial charge in [-0.25, -0.2) is 9.82 Å². The van der Waals surface area contributed by atoms with Gasteiger partial charge in [0.1, 0.15) is 5.82 Å². The number of nitrogen functional groups attached to an aromatic ring is 1. The second-order valence-electron chi connectivity index (χ2n) is 5.11. The maximum Gasteiger partial charge on any atom is 0.273 e. The third-order valence-corrected chi connectivity index (χ3v) is 3.10. The number of benzene rings is 2. The number of nitrogens with one attached hydrogen (secondary N) is 2. The van der Waals surface area contributed by atoms with Crippen LogP contribution in [0.4, 0.5) is 15.8 Å². The number of rotatable bonds is 5. The summed E-state index contributed by atoms with van der Waals surface area (Å²) in [6.45, 7) is 1.61. The molecule has 24 heavy (non-hydrogen) atoms. The number of hydrogen-bond acceptors (Lipinski definition) is 4. The van der Waals surface area contributed by atoms with E-state index >= 15 is 0 Å². The van der Waals surface area contributed by atoms with Crippen molar-refractivity contribution in [2.24, 2.45) is 5.10 Å². The van der Waals surface area contributed by atoms with Crippen molar-refractivity contribution in [1.29, 1.82) is 0 Å². The molecule has 0 fully saturated rings. The number of para-hydroxylation sites is 1. The molecule has 0 spiro atoms. The minimum atomic E-state index is -0.452. The van der Waals surface area contributed by atoms with Crippen molar-refractivity contribution < 1.29 is 14.0 Å². The van der Waals surface area contributed by atoms with E-state index in [2.05, 4.69) is 15.8 Å². The molecule has 7 heteroatoms. The zero-order valence-corrected chi connectivity index (χ0v) is 13.0. The van der Waals surface area contributed by atoms with Crippen LogP contribution < -0.4 is 16.5 Å². The normalized spacial score (nSPS) is 11.0. The number of anilines is 2. The van der Waals surface area contributed by atoms with Gasteiger partial charge in [-0.15, -0.1) is 0 Å². The van der Waals surface area contributed by atoms with Crippen molar-refractivity contribution in [1.82, 2.24) is 5.43 Å². The Morgan fingerprint density at radius 1 is 1.12 bits per heavy atom. The van der Waals surface area contributed by atoms with Gasteiger partial charge in [0.15, 0.2) is 0 Å². The number of hydrogen-bond donors (Lipinski definition) is 3. The predicted molar refractivity (Wildman–Crippen MR) is 91.1 cm³/mol. The summed E-state index contributed by atoms with van der Waals surface area (Å²) in [6, 6.07) is 12.0. The highest BCUT2D eigenvalue weighted by Gasteiger charge is 2.09. The second-order valence-corrected chi connectivity index (χ2v) is 5.11. The van der Waals surface area contributed by atoms with E-state index in [1.807, 2.05) is 0 Å². The van der Waals surface area contributed by atoms with Gasteiger partial charge in [0.05, 0.1) is 12.0 Å². The largest absolute Gasteiger partial charge is 0.398 e. The first kappa shape index (κ1) is 17.1. The molecule has 2 amide bonds. The van der Waals surface area contributed by atoms with Crippen LogP contribution in [0.5, 0.6) is 0 Å². The van der Waals surface area contributed by atoms with Crippen LogP contribution in [0, 0.1) is 5.82 Å². The Bertz CT molecular complexity index is 772. The molecule has 0 aliphatic carbocycles. The van der Waals surface area contributed by atoms with Crippen LogP contribution in [0.2, 0.25) is 0 Å². The van der Waals surface area contributed by atoms with Gasteiger partial charge in [0.2, 0.25) is 5.91 Å². The Morgan fingerprint density at radius 3 is 2.46 bits per heavy atom. The molecule has 6 nitrogen and oxygen atoms in total. The van der Waals surface area contributed by atoms with Crippen molar-refractivity contribution >= 4 is 28.9 Å². The zero-order chi connectivity index (χ0) is 17.5. The van der Waals surface area contributed by atoms with E-state index in [1.54, 1.807) is 31.2 Å². The number of carbonyl (C=O) groups is 2. The van der Waals surface area contributed by atoms with Gasteiger partial charge in [-0.1, -0.05) is 12.1 Å². The minimum absolute atomic E-state index is 0.0120. The van der Waals surface area contributed by atoms with E-state index in [0.29, 0.717) is 22.6 Å². The highest BCUT2D eigenvalue weighted by Crippen LogP contribution is 2.10. The fourth-order valence-corrected chi connectivity index (χ4v) is 1.92. The van der Waals surface area contributed by atoms with Gasteiger partial charge in [-0.2, -0.15) is 5.10 Å². The highest BCUT2D eigenvalue weighted by atomic mass is 19.1. The lowest BCUT2D eigenvalue weighted by Crippen LogP contribution is -2.22. The highest BCUT2D eigenvalue weighted by molar-refractivity contribution is 6.06. The van der Waals surface area contributed by atoms with Crippen molar-refractivity contribution in [3.05, 3.63) is 59.9 Å². The molecule has 124 valence electrons. The topological polar surface area (TPSA) is 96.6 Å². The van der Waals surface area contributed by atoms with Crippen molar-refractivity contribution in [2.45, 2.75) is 13.3 Å². The number of carbonyl (C=O) groups excluding carboxylic acids is 2.